The Balaban J connectivity index is 1.82. The van der Waals surface area contributed by atoms with Crippen molar-refractivity contribution < 1.29 is 29.0 Å². The van der Waals surface area contributed by atoms with E-state index in [1.807, 2.05) is 0 Å². The number of aromatic nitrogens is 3. The van der Waals surface area contributed by atoms with Gasteiger partial charge in [-0.15, -0.1) is 0 Å². The number of alkyl carbamates (subject to hydrolysis) is 1. The standard InChI is InChI=1S/C28H34N6O7/c1-28(2,3)41-26(38)31-19(12-7-9-15-23(35)32(4)5)24(36)30-20-13-10-16-33(25(20)37)17-22-29-18-11-6-8-14-21(18)34(22)27(39)40/h6,8-11,13-16,19H,7,12,17H2,1-5H3,(H,30,36)(H,31,38)(H,39,40)/b15-9+. The third-order valence-corrected chi connectivity index (χ3v) is 5.74. The summed E-state index contributed by atoms with van der Waals surface area (Å²) >= 11 is 0. The number of carbonyl (C=O) groups excluding carboxylic acids is 3. The van der Waals surface area contributed by atoms with Gasteiger partial charge in [0.2, 0.25) is 11.8 Å². The molecule has 2 aromatic heterocycles. The van der Waals surface area contributed by atoms with Gasteiger partial charge in [0.15, 0.2) is 0 Å². The zero-order chi connectivity index (χ0) is 30.3. The molecule has 0 saturated heterocycles. The van der Waals surface area contributed by atoms with Gasteiger partial charge in [0.1, 0.15) is 23.2 Å². The number of carboxylic acid groups (broad SMARTS) is 1. The van der Waals surface area contributed by atoms with Crippen molar-refractivity contribution in [3.63, 3.8) is 0 Å². The first-order chi connectivity index (χ1) is 19.3. The number of amides is 3. The molecule has 0 spiro atoms. The molecule has 3 amide bonds. The molecule has 0 saturated carbocycles. The van der Waals surface area contributed by atoms with Gasteiger partial charge in [-0.05, 0) is 64.0 Å². The number of carbonyl (C=O) groups is 4. The van der Waals surface area contributed by atoms with Crippen molar-refractivity contribution >= 4 is 40.7 Å². The van der Waals surface area contributed by atoms with Gasteiger partial charge < -0.3 is 29.9 Å². The van der Waals surface area contributed by atoms with Gasteiger partial charge in [-0.3, -0.25) is 14.4 Å². The van der Waals surface area contributed by atoms with Crippen molar-refractivity contribution in [3.8, 4) is 0 Å². The molecule has 0 aliphatic rings. The number of benzene rings is 1. The van der Waals surface area contributed by atoms with Gasteiger partial charge in [0.05, 0.1) is 17.6 Å². The molecular weight excluding hydrogens is 532 g/mol. The largest absolute Gasteiger partial charge is 0.464 e. The number of para-hydroxylation sites is 2. The number of imidazole rings is 1. The zero-order valence-electron chi connectivity index (χ0n) is 23.6. The van der Waals surface area contributed by atoms with Crippen molar-refractivity contribution in [1.29, 1.82) is 0 Å². The maximum Gasteiger partial charge on any atom is 0.417 e. The van der Waals surface area contributed by atoms with Crippen LogP contribution in [0.5, 0.6) is 0 Å². The van der Waals surface area contributed by atoms with Crippen molar-refractivity contribution in [2.24, 2.45) is 0 Å². The lowest BCUT2D eigenvalue weighted by Gasteiger charge is -2.23. The Labute approximate surface area is 236 Å². The molecule has 41 heavy (non-hydrogen) atoms. The van der Waals surface area contributed by atoms with E-state index in [-0.39, 0.29) is 36.8 Å². The van der Waals surface area contributed by atoms with Crippen LogP contribution < -0.4 is 16.2 Å². The number of ether oxygens (including phenoxy) is 1. The predicted octanol–water partition coefficient (Wildman–Crippen LogP) is 3.03. The third kappa shape index (κ3) is 8.27. The van der Waals surface area contributed by atoms with Gasteiger partial charge in [0.25, 0.3) is 5.56 Å². The molecule has 218 valence electrons. The van der Waals surface area contributed by atoms with Gasteiger partial charge in [-0.1, -0.05) is 18.2 Å². The lowest BCUT2D eigenvalue weighted by atomic mass is 10.1. The average molecular weight is 567 g/mol. The van der Waals surface area contributed by atoms with Gasteiger partial charge >= 0.3 is 12.2 Å². The fourth-order valence-corrected chi connectivity index (χ4v) is 3.84. The maximum absolute atomic E-state index is 13.2. The first-order valence-corrected chi connectivity index (χ1v) is 12.8. The molecule has 0 fully saturated rings. The second-order valence-corrected chi connectivity index (χ2v) is 10.4. The molecule has 13 heteroatoms. The van der Waals surface area contributed by atoms with Crippen molar-refractivity contribution in [2.45, 2.75) is 51.8 Å². The van der Waals surface area contributed by atoms with Crippen LogP contribution in [0.2, 0.25) is 0 Å². The minimum atomic E-state index is -1.25. The van der Waals surface area contributed by atoms with Gasteiger partial charge in [-0.2, -0.15) is 0 Å². The Morgan fingerprint density at radius 1 is 1.12 bits per heavy atom. The first kappa shape index (κ1) is 30.6. The van der Waals surface area contributed by atoms with Gasteiger partial charge in [0, 0.05) is 20.3 Å². The van der Waals surface area contributed by atoms with Crippen molar-refractivity contribution in [3.05, 3.63) is 70.9 Å². The number of anilines is 1. The summed E-state index contributed by atoms with van der Waals surface area (Å²) in [5.74, 6) is -0.781. The number of likely N-dealkylation sites (N-methyl/N-ethyl adjacent to an activating group) is 1. The number of hydrogen-bond acceptors (Lipinski definition) is 7. The molecule has 3 aromatic rings. The van der Waals surface area contributed by atoms with Crippen LogP contribution in [0.4, 0.5) is 15.3 Å². The minimum Gasteiger partial charge on any atom is -0.464 e. The number of nitrogens with zero attached hydrogens (tertiary/aromatic N) is 4. The van der Waals surface area contributed by atoms with Crippen LogP contribution in [0.25, 0.3) is 11.0 Å². The monoisotopic (exact) mass is 566 g/mol. The highest BCUT2D eigenvalue weighted by molar-refractivity contribution is 5.96. The number of hydrogen-bond donors (Lipinski definition) is 3. The highest BCUT2D eigenvalue weighted by Crippen LogP contribution is 2.17. The number of allylic oxidation sites excluding steroid dienone is 1. The molecule has 3 N–H and O–H groups in total. The van der Waals surface area contributed by atoms with E-state index in [1.165, 1.54) is 33.9 Å². The van der Waals surface area contributed by atoms with E-state index in [0.717, 1.165) is 4.57 Å². The Bertz CT molecular complexity index is 1530. The molecule has 1 aromatic carbocycles. The van der Waals surface area contributed by atoms with E-state index in [9.17, 15) is 29.1 Å². The Kier molecular flexibility index (Phi) is 9.66. The average Bonchev–Trinajstić information content (AvgIpc) is 3.25. The quantitative estimate of drug-likeness (QED) is 0.333. The highest BCUT2D eigenvalue weighted by atomic mass is 16.6. The summed E-state index contributed by atoms with van der Waals surface area (Å²) in [5, 5.41) is 14.8. The third-order valence-electron chi connectivity index (χ3n) is 5.74. The smallest absolute Gasteiger partial charge is 0.417 e. The summed E-state index contributed by atoms with van der Waals surface area (Å²) in [7, 11) is 3.22. The lowest BCUT2D eigenvalue weighted by Crippen LogP contribution is -2.46. The van der Waals surface area contributed by atoms with Gasteiger partial charge in [-0.25, -0.2) is 19.1 Å². The van der Waals surface area contributed by atoms with E-state index in [2.05, 4.69) is 15.6 Å². The van der Waals surface area contributed by atoms with Crippen LogP contribution in [0, 0.1) is 0 Å². The van der Waals surface area contributed by atoms with Crippen molar-refractivity contribution in [2.75, 3.05) is 19.4 Å². The topological polar surface area (TPSA) is 165 Å². The molecule has 3 rings (SSSR count). The minimum absolute atomic E-state index is 0.0789. The molecule has 0 aliphatic carbocycles. The number of rotatable bonds is 9. The normalized spacial score (nSPS) is 12.2. The van der Waals surface area contributed by atoms with Crippen LogP contribution in [0.1, 0.15) is 39.4 Å². The fraction of sp³-hybridized carbons (Fsp3) is 0.357. The van der Waals surface area contributed by atoms with Crippen LogP contribution in [0.3, 0.4) is 0 Å². The van der Waals surface area contributed by atoms with E-state index < -0.39 is 35.3 Å². The second kappa shape index (κ2) is 12.9. The zero-order valence-corrected chi connectivity index (χ0v) is 23.6. The van der Waals surface area contributed by atoms with E-state index >= 15 is 0 Å². The summed E-state index contributed by atoms with van der Waals surface area (Å²) in [5.41, 5.74) is -0.644. The van der Waals surface area contributed by atoms with Crippen LogP contribution in [0.15, 0.2) is 59.5 Å². The molecule has 0 bridgehead atoms. The first-order valence-electron chi connectivity index (χ1n) is 12.8. The fourth-order valence-electron chi connectivity index (χ4n) is 3.84. The van der Waals surface area contributed by atoms with Crippen LogP contribution >= 0.6 is 0 Å². The second-order valence-electron chi connectivity index (χ2n) is 10.4. The maximum atomic E-state index is 13.2. The predicted molar refractivity (Wildman–Crippen MR) is 152 cm³/mol. The van der Waals surface area contributed by atoms with Crippen molar-refractivity contribution in [1.82, 2.24) is 24.3 Å². The highest BCUT2D eigenvalue weighted by Gasteiger charge is 2.25. The summed E-state index contributed by atoms with van der Waals surface area (Å²) in [6.45, 7) is 4.88. The molecule has 13 nitrogen and oxygen atoms in total. The molecular formula is C28H34N6O7. The molecule has 1 atom stereocenters. The summed E-state index contributed by atoms with van der Waals surface area (Å²) in [6, 6.07) is 8.53. The molecule has 2 heterocycles. The number of fused-ring (bicyclic) bond motifs is 1. The summed E-state index contributed by atoms with van der Waals surface area (Å²) in [6.07, 6.45) is 2.73. The lowest BCUT2D eigenvalue weighted by molar-refractivity contribution is -0.123. The SMILES string of the molecule is CN(C)C(=O)/C=C/CCC(NC(=O)OC(C)(C)C)C(=O)Nc1cccn(Cc2nc3ccccc3n2C(=O)O)c1=O. The summed E-state index contributed by atoms with van der Waals surface area (Å²) < 4.78 is 7.50. The van der Waals surface area contributed by atoms with Crippen LogP contribution in [-0.2, 0) is 20.9 Å². The Morgan fingerprint density at radius 2 is 1.83 bits per heavy atom. The Morgan fingerprint density at radius 3 is 2.49 bits per heavy atom. The molecule has 1 unspecified atom stereocenters. The van der Waals surface area contributed by atoms with E-state index in [4.69, 9.17) is 4.74 Å². The molecule has 0 radical (unpaired) electrons. The number of nitrogens with one attached hydrogen (secondary N) is 2. The summed E-state index contributed by atoms with van der Waals surface area (Å²) in [4.78, 5) is 68.3. The number of pyridine rings is 1. The van der Waals surface area contributed by atoms with E-state index in [0.29, 0.717) is 11.0 Å². The van der Waals surface area contributed by atoms with E-state index in [1.54, 1.807) is 65.2 Å². The molecule has 0 aliphatic heterocycles. The van der Waals surface area contributed by atoms with Crippen LogP contribution in [-0.4, -0.2) is 73.9 Å². The Hall–Kier alpha value is -4.94.